The highest BCUT2D eigenvalue weighted by Gasteiger charge is 2.50. The Balaban J connectivity index is -0.000000258. The number of carbonyl (C=O) groups is 1. The molecule has 0 aliphatic rings. The summed E-state index contributed by atoms with van der Waals surface area (Å²) < 4.78 is 50.1. The highest BCUT2D eigenvalue weighted by molar-refractivity contribution is 6.91. The highest BCUT2D eigenvalue weighted by atomic mass is 28.5. The Morgan fingerprint density at radius 2 is 0.809 bits per heavy atom. The Hall–Kier alpha value is 0.491. The molecule has 47 heavy (non-hydrogen) atoms. The third kappa shape index (κ3) is 37.6. The van der Waals surface area contributed by atoms with Gasteiger partial charge < -0.3 is 34.8 Å². The fourth-order valence-corrected chi connectivity index (χ4v) is 34.0. The van der Waals surface area contributed by atoms with Crippen molar-refractivity contribution in [1.29, 1.82) is 0 Å². The quantitative estimate of drug-likeness (QED) is 0.0604. The largest absolute Gasteiger partial charge is 0.469 e. The summed E-state index contributed by atoms with van der Waals surface area (Å²) >= 11 is 0. The van der Waals surface area contributed by atoms with E-state index < -0.39 is 50.9 Å². The maximum atomic E-state index is 11.3. The second-order valence-corrected chi connectivity index (χ2v) is 37.0. The van der Waals surface area contributed by atoms with Crippen LogP contribution in [0.4, 0.5) is 0 Å². The van der Waals surface area contributed by atoms with Crippen LogP contribution in [0.15, 0.2) is 0 Å². The third-order valence-corrected chi connectivity index (χ3v) is 27.5. The fraction of sp³-hybridized carbons (Fsp3) is 0.969. The number of rotatable bonds is 22. The van der Waals surface area contributed by atoms with Crippen LogP contribution in [0.25, 0.3) is 0 Å². The van der Waals surface area contributed by atoms with Crippen LogP contribution in [0.2, 0.25) is 90.7 Å². The predicted octanol–water partition coefficient (Wildman–Crippen LogP) is 11.8. The van der Waals surface area contributed by atoms with E-state index in [1.165, 1.54) is 7.11 Å². The minimum atomic E-state index is -2.75. The Kier molecular flexibility index (Phi) is 44.4. The maximum Gasteiger partial charge on any atom is 0.317 e. The van der Waals surface area contributed by atoms with Gasteiger partial charge in [-0.3, -0.25) is 4.79 Å². The summed E-state index contributed by atoms with van der Waals surface area (Å²) in [7, 11) is -10.9. The molecule has 0 saturated carbocycles. The summed E-state index contributed by atoms with van der Waals surface area (Å²) in [6.07, 6.45) is 2.67. The Morgan fingerprint density at radius 1 is 0.468 bits per heavy atom. The van der Waals surface area contributed by atoms with Gasteiger partial charge >= 0.3 is 40.2 Å². The molecule has 0 aliphatic heterocycles. The van der Waals surface area contributed by atoms with Crippen molar-refractivity contribution in [3.63, 3.8) is 0 Å². The first kappa shape index (κ1) is 69.3. The molecule has 0 spiro atoms. The first-order valence-electron chi connectivity index (χ1n) is 14.2. The Morgan fingerprint density at radius 3 is 1.13 bits per heavy atom. The summed E-state index contributed by atoms with van der Waals surface area (Å²) in [4.78, 5) is 11.3. The molecule has 0 aromatic heterocycles. The SMILES string of the molecule is C.C.C.C.C.C.C.C.COCCC[Si](C)(O[Si](C)(C)O[Si](C)(C)C)O[Si](C)(CCCOCCCC(=O)OC)O[Si](C)(C)O[Si](C)(C)C. The highest BCUT2D eigenvalue weighted by Crippen LogP contribution is 2.32. The van der Waals surface area contributed by atoms with Gasteiger partial charge in [0.1, 0.15) is 0 Å². The number of esters is 1. The predicted molar refractivity (Wildman–Crippen MR) is 227 cm³/mol. The Bertz CT molecular complexity index is 720. The zero-order chi connectivity index (χ0) is 30.6. The summed E-state index contributed by atoms with van der Waals surface area (Å²) in [5.41, 5.74) is 0. The average molecular weight is 790 g/mol. The van der Waals surface area contributed by atoms with Gasteiger partial charge in [-0.15, -0.1) is 0 Å². The lowest BCUT2D eigenvalue weighted by molar-refractivity contribution is -0.141. The summed E-state index contributed by atoms with van der Waals surface area (Å²) in [6, 6.07) is 1.57. The van der Waals surface area contributed by atoms with Crippen LogP contribution in [0.3, 0.4) is 0 Å². The van der Waals surface area contributed by atoms with Crippen molar-refractivity contribution in [2.75, 3.05) is 34.0 Å². The van der Waals surface area contributed by atoms with Crippen LogP contribution in [0.1, 0.15) is 85.1 Å². The molecule has 0 aliphatic carbocycles. The van der Waals surface area contributed by atoms with E-state index >= 15 is 0 Å². The standard InChI is InChI=1S/C24H60O9Si6.8CH4/c1-26-19-16-22-38(13,31-36(9,10)29-34(3,4)5)33-39(14,32-37(11,12)30-35(6,7)8)23-17-21-28-20-15-18-24(25)27-2;;;;;;;;/h15-23H2,1-14H3;8*1H4. The smallest absolute Gasteiger partial charge is 0.317 e. The molecule has 0 bridgehead atoms. The molecule has 2 atom stereocenters. The van der Waals surface area contributed by atoms with Crippen LogP contribution in [0.5, 0.6) is 0 Å². The average Bonchev–Trinajstić information content (AvgIpc) is 2.67. The first-order chi connectivity index (χ1) is 17.6. The molecule has 2 unspecified atom stereocenters. The number of carbonyl (C=O) groups excluding carboxylic acids is 1. The minimum Gasteiger partial charge on any atom is -0.469 e. The zero-order valence-electron chi connectivity index (χ0n) is 27.5. The van der Waals surface area contributed by atoms with Crippen LogP contribution in [-0.2, 0) is 39.6 Å². The number of hydrogen-bond acceptors (Lipinski definition) is 9. The normalized spacial score (nSPS) is 13.7. The van der Waals surface area contributed by atoms with E-state index in [0.29, 0.717) is 32.7 Å². The lowest BCUT2D eigenvalue weighted by Crippen LogP contribution is -2.61. The van der Waals surface area contributed by atoms with Crippen LogP contribution < -0.4 is 0 Å². The van der Waals surface area contributed by atoms with Gasteiger partial charge in [-0.05, 0) is 110 Å². The van der Waals surface area contributed by atoms with Crippen LogP contribution in [-0.4, -0.2) is 90.9 Å². The van der Waals surface area contributed by atoms with Crippen LogP contribution >= 0.6 is 0 Å². The molecule has 0 N–H and O–H groups in total. The lowest BCUT2D eigenvalue weighted by atomic mass is 10.3. The van der Waals surface area contributed by atoms with Gasteiger partial charge in [0.25, 0.3) is 0 Å². The molecule has 15 heteroatoms. The van der Waals surface area contributed by atoms with Gasteiger partial charge in [-0.1, -0.05) is 59.4 Å². The van der Waals surface area contributed by atoms with E-state index in [2.05, 4.69) is 78.6 Å². The topological polar surface area (TPSA) is 90.9 Å². The molecule has 0 heterocycles. The molecule has 0 rings (SSSR count). The molecule has 0 amide bonds. The first-order valence-corrected chi connectivity index (χ1v) is 31.7. The molecule has 0 aromatic carbocycles. The monoisotopic (exact) mass is 789 g/mol. The van der Waals surface area contributed by atoms with Crippen LogP contribution in [0, 0.1) is 0 Å². The van der Waals surface area contributed by atoms with Gasteiger partial charge in [-0.25, -0.2) is 0 Å². The molecule has 0 saturated heterocycles. The summed E-state index contributed by atoms with van der Waals surface area (Å²) in [5, 5.41) is 0. The molecular formula is C32H92O9Si6. The van der Waals surface area contributed by atoms with Crippen molar-refractivity contribution >= 4 is 56.8 Å². The van der Waals surface area contributed by atoms with Gasteiger partial charge in [0.15, 0.2) is 16.6 Å². The van der Waals surface area contributed by atoms with Crippen molar-refractivity contribution in [2.45, 2.75) is 176 Å². The van der Waals surface area contributed by atoms with E-state index in [4.69, 9.17) is 34.8 Å². The van der Waals surface area contributed by atoms with Crippen molar-refractivity contribution in [3.8, 4) is 0 Å². The lowest BCUT2D eigenvalue weighted by Gasteiger charge is -2.45. The zero-order valence-corrected chi connectivity index (χ0v) is 33.5. The van der Waals surface area contributed by atoms with Crippen molar-refractivity contribution in [3.05, 3.63) is 0 Å². The second-order valence-electron chi connectivity index (χ2n) is 13.3. The second kappa shape index (κ2) is 30.1. The molecule has 298 valence electrons. The molecular weight excluding hydrogens is 697 g/mol. The molecule has 0 radical (unpaired) electrons. The summed E-state index contributed by atoms with van der Waals surface area (Å²) in [5.74, 6) is -0.211. The van der Waals surface area contributed by atoms with E-state index in [-0.39, 0.29) is 65.4 Å². The summed E-state index contributed by atoms with van der Waals surface area (Å²) in [6.45, 7) is 27.8. The van der Waals surface area contributed by atoms with E-state index in [9.17, 15) is 4.79 Å². The van der Waals surface area contributed by atoms with E-state index in [1.54, 1.807) is 7.11 Å². The van der Waals surface area contributed by atoms with Gasteiger partial charge in [0.05, 0.1) is 7.11 Å². The number of methoxy groups -OCH3 is 2. The van der Waals surface area contributed by atoms with Crippen molar-refractivity contribution in [2.24, 2.45) is 0 Å². The minimum absolute atomic E-state index is 0. The molecule has 0 fully saturated rings. The fourth-order valence-electron chi connectivity index (χ4n) is 4.81. The Labute approximate surface area is 305 Å². The van der Waals surface area contributed by atoms with Crippen molar-refractivity contribution < 1.29 is 39.6 Å². The van der Waals surface area contributed by atoms with Gasteiger partial charge in [0.2, 0.25) is 0 Å². The van der Waals surface area contributed by atoms with Crippen molar-refractivity contribution in [1.82, 2.24) is 0 Å². The molecule has 0 aromatic rings. The number of ether oxygens (including phenoxy) is 3. The maximum absolute atomic E-state index is 11.3. The van der Waals surface area contributed by atoms with E-state index in [1.807, 2.05) is 0 Å². The number of hydrogen-bond donors (Lipinski definition) is 0. The van der Waals surface area contributed by atoms with Gasteiger partial charge in [0, 0.05) is 33.4 Å². The third-order valence-electron chi connectivity index (χ3n) is 5.26. The molecule has 9 nitrogen and oxygen atoms in total. The van der Waals surface area contributed by atoms with E-state index in [0.717, 1.165) is 24.9 Å². The van der Waals surface area contributed by atoms with Gasteiger partial charge in [-0.2, -0.15) is 0 Å².